The Labute approximate surface area is 114 Å². The molecule has 19 heavy (non-hydrogen) atoms. The molecule has 0 atom stereocenters. The summed E-state index contributed by atoms with van der Waals surface area (Å²) >= 11 is 1.52. The Morgan fingerprint density at radius 2 is 2.26 bits per heavy atom. The lowest BCUT2D eigenvalue weighted by molar-refractivity contribution is 0.104. The Hall–Kier alpha value is -2.07. The zero-order valence-corrected chi connectivity index (χ0v) is 11.3. The SMILES string of the molecule is CCOc1cccc2[nH]cc(C(=O)c3ccsc3)c12. The zero-order chi connectivity index (χ0) is 13.2. The molecule has 0 bridgehead atoms. The molecule has 0 fully saturated rings. The lowest BCUT2D eigenvalue weighted by Crippen LogP contribution is -2.00. The van der Waals surface area contributed by atoms with Gasteiger partial charge in [-0.3, -0.25) is 4.79 Å². The third-order valence-electron chi connectivity index (χ3n) is 3.00. The van der Waals surface area contributed by atoms with Gasteiger partial charge < -0.3 is 9.72 Å². The summed E-state index contributed by atoms with van der Waals surface area (Å²) < 4.78 is 5.62. The first-order valence-electron chi connectivity index (χ1n) is 6.11. The van der Waals surface area contributed by atoms with Crippen molar-refractivity contribution in [3.8, 4) is 5.75 Å². The number of ketones is 1. The Morgan fingerprint density at radius 1 is 1.37 bits per heavy atom. The Bertz CT molecular complexity index is 713. The molecule has 3 nitrogen and oxygen atoms in total. The predicted octanol–water partition coefficient (Wildman–Crippen LogP) is 3.86. The molecule has 0 saturated heterocycles. The fourth-order valence-corrected chi connectivity index (χ4v) is 2.79. The molecule has 96 valence electrons. The maximum Gasteiger partial charge on any atom is 0.196 e. The van der Waals surface area contributed by atoms with E-state index in [0.717, 1.165) is 22.2 Å². The summed E-state index contributed by atoms with van der Waals surface area (Å²) in [7, 11) is 0. The first-order valence-corrected chi connectivity index (χ1v) is 7.05. The zero-order valence-electron chi connectivity index (χ0n) is 10.5. The maximum absolute atomic E-state index is 12.5. The van der Waals surface area contributed by atoms with Gasteiger partial charge in [0.25, 0.3) is 0 Å². The van der Waals surface area contributed by atoms with Crippen molar-refractivity contribution in [1.82, 2.24) is 4.98 Å². The fourth-order valence-electron chi connectivity index (χ4n) is 2.16. The molecular formula is C15H13NO2S. The number of ether oxygens (including phenoxy) is 1. The monoisotopic (exact) mass is 271 g/mol. The summed E-state index contributed by atoms with van der Waals surface area (Å²) in [6, 6.07) is 7.60. The molecule has 0 spiro atoms. The second kappa shape index (κ2) is 4.90. The number of nitrogens with one attached hydrogen (secondary N) is 1. The van der Waals surface area contributed by atoms with E-state index in [1.54, 1.807) is 6.20 Å². The van der Waals surface area contributed by atoms with Gasteiger partial charge in [-0.15, -0.1) is 0 Å². The molecule has 0 saturated carbocycles. The highest BCUT2D eigenvalue weighted by atomic mass is 32.1. The molecule has 0 amide bonds. The van der Waals surface area contributed by atoms with E-state index in [-0.39, 0.29) is 5.78 Å². The lowest BCUT2D eigenvalue weighted by Gasteiger charge is -2.06. The van der Waals surface area contributed by atoms with Gasteiger partial charge in [-0.05, 0) is 30.5 Å². The first-order chi connectivity index (χ1) is 9.31. The van der Waals surface area contributed by atoms with Crippen molar-refractivity contribution in [3.63, 3.8) is 0 Å². The predicted molar refractivity (Wildman–Crippen MR) is 77.2 cm³/mol. The van der Waals surface area contributed by atoms with Crippen LogP contribution >= 0.6 is 11.3 Å². The topological polar surface area (TPSA) is 42.1 Å². The van der Waals surface area contributed by atoms with E-state index in [2.05, 4.69) is 4.98 Å². The summed E-state index contributed by atoms with van der Waals surface area (Å²) in [5, 5.41) is 4.64. The summed E-state index contributed by atoms with van der Waals surface area (Å²) in [6.07, 6.45) is 1.76. The van der Waals surface area contributed by atoms with Crippen LogP contribution in [0.5, 0.6) is 5.75 Å². The summed E-state index contributed by atoms with van der Waals surface area (Å²) in [4.78, 5) is 15.6. The van der Waals surface area contributed by atoms with Crippen molar-refractivity contribution in [2.75, 3.05) is 6.61 Å². The number of carbonyl (C=O) groups excluding carboxylic acids is 1. The van der Waals surface area contributed by atoms with Crippen LogP contribution in [-0.2, 0) is 0 Å². The van der Waals surface area contributed by atoms with Gasteiger partial charge in [0, 0.05) is 22.7 Å². The van der Waals surface area contributed by atoms with E-state index in [9.17, 15) is 4.79 Å². The number of H-pyrrole nitrogens is 1. The number of hydrogen-bond donors (Lipinski definition) is 1. The van der Waals surface area contributed by atoms with Crippen molar-refractivity contribution < 1.29 is 9.53 Å². The number of aromatic amines is 1. The van der Waals surface area contributed by atoms with Crippen LogP contribution in [0.15, 0.2) is 41.2 Å². The molecule has 0 aliphatic carbocycles. The van der Waals surface area contributed by atoms with E-state index >= 15 is 0 Å². The number of rotatable bonds is 4. The Balaban J connectivity index is 2.16. The van der Waals surface area contributed by atoms with Gasteiger partial charge in [0.05, 0.1) is 17.6 Å². The van der Waals surface area contributed by atoms with Crippen LogP contribution in [0.1, 0.15) is 22.8 Å². The van der Waals surface area contributed by atoms with Gasteiger partial charge in [0.15, 0.2) is 5.78 Å². The third-order valence-corrected chi connectivity index (χ3v) is 3.68. The third kappa shape index (κ3) is 2.04. The second-order valence-electron chi connectivity index (χ2n) is 4.16. The van der Waals surface area contributed by atoms with Crippen molar-refractivity contribution in [1.29, 1.82) is 0 Å². The molecule has 1 aromatic carbocycles. The first kappa shape index (κ1) is 12.0. The molecule has 0 aliphatic rings. The fraction of sp³-hybridized carbons (Fsp3) is 0.133. The van der Waals surface area contributed by atoms with E-state index in [1.807, 2.05) is 41.9 Å². The highest BCUT2D eigenvalue weighted by molar-refractivity contribution is 7.08. The normalized spacial score (nSPS) is 10.8. The van der Waals surface area contributed by atoms with Gasteiger partial charge >= 0.3 is 0 Å². The van der Waals surface area contributed by atoms with Gasteiger partial charge in [0.2, 0.25) is 0 Å². The van der Waals surface area contributed by atoms with Gasteiger partial charge in [-0.25, -0.2) is 0 Å². The Kier molecular flexibility index (Phi) is 3.09. The molecule has 3 aromatic rings. The van der Waals surface area contributed by atoms with Crippen LogP contribution in [0.2, 0.25) is 0 Å². The average Bonchev–Trinajstić information content (AvgIpc) is 3.08. The minimum Gasteiger partial charge on any atom is -0.493 e. The molecular weight excluding hydrogens is 258 g/mol. The number of thiophene rings is 1. The number of hydrogen-bond acceptors (Lipinski definition) is 3. The van der Waals surface area contributed by atoms with E-state index in [1.165, 1.54) is 11.3 Å². The van der Waals surface area contributed by atoms with Crippen molar-refractivity contribution in [2.45, 2.75) is 6.92 Å². The lowest BCUT2D eigenvalue weighted by atomic mass is 10.0. The van der Waals surface area contributed by atoms with Gasteiger partial charge in [-0.1, -0.05) is 6.07 Å². The van der Waals surface area contributed by atoms with Crippen LogP contribution < -0.4 is 4.74 Å². The van der Waals surface area contributed by atoms with Crippen LogP contribution in [-0.4, -0.2) is 17.4 Å². The summed E-state index contributed by atoms with van der Waals surface area (Å²) in [5.74, 6) is 0.777. The second-order valence-corrected chi connectivity index (χ2v) is 4.94. The molecule has 4 heteroatoms. The minimum absolute atomic E-state index is 0.0275. The van der Waals surface area contributed by atoms with Gasteiger partial charge in [-0.2, -0.15) is 11.3 Å². The highest BCUT2D eigenvalue weighted by Crippen LogP contribution is 2.30. The largest absolute Gasteiger partial charge is 0.493 e. The highest BCUT2D eigenvalue weighted by Gasteiger charge is 2.17. The van der Waals surface area contributed by atoms with Crippen LogP contribution in [0.25, 0.3) is 10.9 Å². The van der Waals surface area contributed by atoms with Crippen molar-refractivity contribution in [2.24, 2.45) is 0 Å². The number of fused-ring (bicyclic) bond motifs is 1. The molecule has 1 N–H and O–H groups in total. The molecule has 0 unspecified atom stereocenters. The number of benzene rings is 1. The molecule has 3 rings (SSSR count). The van der Waals surface area contributed by atoms with Gasteiger partial charge in [0.1, 0.15) is 5.75 Å². The molecule has 0 radical (unpaired) electrons. The molecule has 2 heterocycles. The van der Waals surface area contributed by atoms with Crippen LogP contribution in [0, 0.1) is 0 Å². The average molecular weight is 271 g/mol. The number of aromatic nitrogens is 1. The summed E-state index contributed by atoms with van der Waals surface area (Å²) in [5.41, 5.74) is 2.30. The van der Waals surface area contributed by atoms with E-state index in [0.29, 0.717) is 12.2 Å². The van der Waals surface area contributed by atoms with E-state index in [4.69, 9.17) is 4.74 Å². The van der Waals surface area contributed by atoms with Crippen LogP contribution in [0.3, 0.4) is 0 Å². The molecule has 0 aliphatic heterocycles. The van der Waals surface area contributed by atoms with Crippen molar-refractivity contribution >= 4 is 28.0 Å². The smallest absolute Gasteiger partial charge is 0.196 e. The molecule has 2 aromatic heterocycles. The minimum atomic E-state index is 0.0275. The Morgan fingerprint density at radius 3 is 3.00 bits per heavy atom. The number of carbonyl (C=O) groups is 1. The standard InChI is InChI=1S/C15H13NO2S/c1-2-18-13-5-3-4-12-14(13)11(8-16-12)15(17)10-6-7-19-9-10/h3-9,16H,2H2,1H3. The maximum atomic E-state index is 12.5. The quantitative estimate of drug-likeness (QED) is 0.732. The summed E-state index contributed by atoms with van der Waals surface area (Å²) in [6.45, 7) is 2.52. The van der Waals surface area contributed by atoms with E-state index < -0.39 is 0 Å². The van der Waals surface area contributed by atoms with Crippen molar-refractivity contribution in [3.05, 3.63) is 52.3 Å². The van der Waals surface area contributed by atoms with Crippen LogP contribution in [0.4, 0.5) is 0 Å².